The Morgan fingerprint density at radius 3 is 2.33 bits per heavy atom. The minimum absolute atomic E-state index is 0.00740. The van der Waals surface area contributed by atoms with E-state index in [1.165, 1.54) is 0 Å². The van der Waals surface area contributed by atoms with Crippen molar-refractivity contribution in [3.8, 4) is 0 Å². The Hall–Kier alpha value is -0.610. The molecule has 3 N–H and O–H groups in total. The largest absolute Gasteiger partial charge is 0.392 e. The van der Waals surface area contributed by atoms with Crippen molar-refractivity contribution in [2.45, 2.75) is 46.3 Å². The third-order valence-electron chi connectivity index (χ3n) is 2.21. The topological polar surface area (TPSA) is 61.4 Å². The molecular weight excluding hydrogens is 192 g/mol. The Morgan fingerprint density at radius 2 is 1.87 bits per heavy atom. The van der Waals surface area contributed by atoms with Gasteiger partial charge in [-0.3, -0.25) is 4.79 Å². The highest BCUT2D eigenvalue weighted by molar-refractivity contribution is 5.81. The molecule has 4 heteroatoms. The first-order valence-corrected chi connectivity index (χ1v) is 5.66. The second-order valence-corrected chi connectivity index (χ2v) is 4.33. The molecule has 0 radical (unpaired) electrons. The van der Waals surface area contributed by atoms with Crippen molar-refractivity contribution in [2.24, 2.45) is 5.92 Å². The van der Waals surface area contributed by atoms with Crippen LogP contribution in [-0.2, 0) is 4.79 Å². The number of hydrogen-bond acceptors (Lipinski definition) is 3. The molecule has 2 unspecified atom stereocenters. The first kappa shape index (κ1) is 14.4. The van der Waals surface area contributed by atoms with Crippen LogP contribution in [0.4, 0.5) is 0 Å². The average molecular weight is 216 g/mol. The fourth-order valence-electron chi connectivity index (χ4n) is 1.01. The van der Waals surface area contributed by atoms with Crippen LogP contribution in [0.2, 0.25) is 0 Å². The van der Waals surface area contributed by atoms with Crippen molar-refractivity contribution in [3.05, 3.63) is 0 Å². The van der Waals surface area contributed by atoms with E-state index in [-0.39, 0.29) is 18.1 Å². The molecule has 0 aromatic carbocycles. The van der Waals surface area contributed by atoms with Crippen LogP contribution >= 0.6 is 0 Å². The number of carbonyl (C=O) groups is 1. The Labute approximate surface area is 92.4 Å². The summed E-state index contributed by atoms with van der Waals surface area (Å²) in [7, 11) is 0. The highest BCUT2D eigenvalue weighted by Gasteiger charge is 2.13. The number of hydrogen-bond donors (Lipinski definition) is 3. The van der Waals surface area contributed by atoms with Crippen LogP contribution in [0.1, 0.15) is 34.1 Å². The molecule has 0 saturated heterocycles. The van der Waals surface area contributed by atoms with Gasteiger partial charge in [-0.25, -0.2) is 0 Å². The monoisotopic (exact) mass is 216 g/mol. The van der Waals surface area contributed by atoms with Gasteiger partial charge in [0.15, 0.2) is 0 Å². The van der Waals surface area contributed by atoms with E-state index in [1.54, 1.807) is 6.92 Å². The number of aliphatic hydroxyl groups excluding tert-OH is 1. The lowest BCUT2D eigenvalue weighted by Crippen LogP contribution is -2.45. The van der Waals surface area contributed by atoms with Crippen molar-refractivity contribution >= 4 is 5.91 Å². The molecule has 0 aliphatic carbocycles. The molecule has 0 bridgehead atoms. The Morgan fingerprint density at radius 1 is 1.27 bits per heavy atom. The summed E-state index contributed by atoms with van der Waals surface area (Å²) in [6.45, 7) is 8.99. The summed E-state index contributed by atoms with van der Waals surface area (Å²) >= 11 is 0. The van der Waals surface area contributed by atoms with Crippen molar-refractivity contribution in [3.63, 3.8) is 0 Å². The van der Waals surface area contributed by atoms with Gasteiger partial charge in [-0.05, 0) is 19.3 Å². The van der Waals surface area contributed by atoms with E-state index in [9.17, 15) is 9.90 Å². The average Bonchev–Trinajstić information content (AvgIpc) is 2.21. The first-order chi connectivity index (χ1) is 6.97. The third kappa shape index (κ3) is 7.33. The van der Waals surface area contributed by atoms with Crippen LogP contribution in [0.3, 0.4) is 0 Å². The van der Waals surface area contributed by atoms with Crippen molar-refractivity contribution in [1.29, 1.82) is 0 Å². The number of rotatable bonds is 7. The van der Waals surface area contributed by atoms with Crippen LogP contribution < -0.4 is 10.6 Å². The summed E-state index contributed by atoms with van der Waals surface area (Å²) < 4.78 is 0. The summed E-state index contributed by atoms with van der Waals surface area (Å²) in [6.07, 6.45) is 0.332. The lowest BCUT2D eigenvalue weighted by Gasteiger charge is -2.16. The molecule has 0 aliphatic rings. The van der Waals surface area contributed by atoms with Gasteiger partial charge >= 0.3 is 0 Å². The van der Waals surface area contributed by atoms with Crippen LogP contribution in [0, 0.1) is 5.92 Å². The fourth-order valence-corrected chi connectivity index (χ4v) is 1.01. The van der Waals surface area contributed by atoms with Crippen LogP contribution in [0.25, 0.3) is 0 Å². The lowest BCUT2D eigenvalue weighted by molar-refractivity contribution is -0.123. The van der Waals surface area contributed by atoms with Gasteiger partial charge in [0.05, 0.1) is 12.1 Å². The van der Waals surface area contributed by atoms with E-state index in [2.05, 4.69) is 24.5 Å². The normalized spacial score (nSPS) is 15.1. The predicted octanol–water partition coefficient (Wildman–Crippen LogP) is 0.508. The predicted molar refractivity (Wildman–Crippen MR) is 61.6 cm³/mol. The van der Waals surface area contributed by atoms with Gasteiger partial charge in [-0.1, -0.05) is 20.8 Å². The minimum atomic E-state index is -0.370. The molecular formula is C11H24N2O2. The molecule has 2 atom stereocenters. The maximum absolute atomic E-state index is 11.5. The summed E-state index contributed by atoms with van der Waals surface area (Å²) in [5.41, 5.74) is 0. The zero-order chi connectivity index (χ0) is 11.8. The summed E-state index contributed by atoms with van der Waals surface area (Å²) in [6, 6.07) is -0.245. The van der Waals surface area contributed by atoms with E-state index in [4.69, 9.17) is 0 Å². The minimum Gasteiger partial charge on any atom is -0.392 e. The summed E-state index contributed by atoms with van der Waals surface area (Å²) in [5.74, 6) is 0.453. The number of nitrogens with one attached hydrogen (secondary N) is 2. The molecule has 0 aromatic heterocycles. The second kappa shape index (κ2) is 7.65. The molecule has 0 saturated carbocycles. The summed E-state index contributed by atoms with van der Waals surface area (Å²) in [5, 5.41) is 15.1. The molecule has 4 nitrogen and oxygen atoms in total. The highest BCUT2D eigenvalue weighted by Crippen LogP contribution is 1.91. The number of aliphatic hydroxyl groups is 1. The third-order valence-corrected chi connectivity index (χ3v) is 2.21. The van der Waals surface area contributed by atoms with Gasteiger partial charge in [0.25, 0.3) is 0 Å². The molecule has 0 spiro atoms. The van der Waals surface area contributed by atoms with Crippen LogP contribution in [0.15, 0.2) is 0 Å². The quantitative estimate of drug-likeness (QED) is 0.581. The van der Waals surface area contributed by atoms with Gasteiger partial charge in [0, 0.05) is 13.1 Å². The number of carbonyl (C=O) groups excluding carboxylic acids is 1. The first-order valence-electron chi connectivity index (χ1n) is 5.66. The SMILES string of the molecule is CCC(O)CNC(C)C(=O)NCC(C)C. The van der Waals surface area contributed by atoms with Crippen molar-refractivity contribution in [2.75, 3.05) is 13.1 Å². The van der Waals surface area contributed by atoms with Crippen molar-refractivity contribution in [1.82, 2.24) is 10.6 Å². The molecule has 0 aromatic rings. The lowest BCUT2D eigenvalue weighted by atomic mass is 10.2. The van der Waals surface area contributed by atoms with Crippen molar-refractivity contribution < 1.29 is 9.90 Å². The van der Waals surface area contributed by atoms with Crippen LogP contribution in [-0.4, -0.2) is 36.2 Å². The van der Waals surface area contributed by atoms with E-state index < -0.39 is 0 Å². The molecule has 0 aliphatic heterocycles. The Balaban J connectivity index is 3.69. The zero-order valence-electron chi connectivity index (χ0n) is 10.2. The maximum Gasteiger partial charge on any atom is 0.236 e. The summed E-state index contributed by atoms with van der Waals surface area (Å²) in [4.78, 5) is 11.5. The molecule has 90 valence electrons. The highest BCUT2D eigenvalue weighted by atomic mass is 16.3. The van der Waals surface area contributed by atoms with Gasteiger partial charge in [0.1, 0.15) is 0 Å². The van der Waals surface area contributed by atoms with E-state index in [0.29, 0.717) is 25.4 Å². The standard InChI is InChI=1S/C11H24N2O2/c1-5-10(14)7-12-9(4)11(15)13-6-8(2)3/h8-10,12,14H,5-7H2,1-4H3,(H,13,15). The molecule has 0 fully saturated rings. The number of amides is 1. The van der Waals surface area contributed by atoms with E-state index in [0.717, 1.165) is 0 Å². The smallest absolute Gasteiger partial charge is 0.236 e. The van der Waals surface area contributed by atoms with Gasteiger partial charge in [-0.15, -0.1) is 0 Å². The fraction of sp³-hybridized carbons (Fsp3) is 0.909. The Bertz CT molecular complexity index is 183. The van der Waals surface area contributed by atoms with Gasteiger partial charge in [-0.2, -0.15) is 0 Å². The maximum atomic E-state index is 11.5. The van der Waals surface area contributed by atoms with Crippen LogP contribution in [0.5, 0.6) is 0 Å². The van der Waals surface area contributed by atoms with E-state index in [1.807, 2.05) is 6.92 Å². The molecule has 1 amide bonds. The van der Waals surface area contributed by atoms with E-state index >= 15 is 0 Å². The van der Waals surface area contributed by atoms with Gasteiger partial charge < -0.3 is 15.7 Å². The van der Waals surface area contributed by atoms with Gasteiger partial charge in [0.2, 0.25) is 5.91 Å². The second-order valence-electron chi connectivity index (χ2n) is 4.33. The molecule has 15 heavy (non-hydrogen) atoms. The zero-order valence-corrected chi connectivity index (χ0v) is 10.2. The molecule has 0 heterocycles. The Kier molecular flexibility index (Phi) is 7.34. The molecule has 0 rings (SSSR count).